The van der Waals surface area contributed by atoms with E-state index in [-0.39, 0.29) is 29.9 Å². The van der Waals surface area contributed by atoms with Gasteiger partial charge in [-0.05, 0) is 35.7 Å². The summed E-state index contributed by atoms with van der Waals surface area (Å²) in [6.07, 6.45) is -2.34. The Morgan fingerprint density at radius 1 is 1.20 bits per heavy atom. The first kappa shape index (κ1) is 26.1. The van der Waals surface area contributed by atoms with Crippen LogP contribution in [0.2, 0.25) is 5.02 Å². The Morgan fingerprint density at radius 3 is 2.60 bits per heavy atom. The van der Waals surface area contributed by atoms with Gasteiger partial charge in [0.2, 0.25) is 5.88 Å². The van der Waals surface area contributed by atoms with Gasteiger partial charge in [0.05, 0.1) is 7.11 Å². The van der Waals surface area contributed by atoms with E-state index in [4.69, 9.17) is 16.3 Å². The van der Waals surface area contributed by atoms with E-state index >= 15 is 0 Å². The average Bonchev–Trinajstić information content (AvgIpc) is 2.69. The number of nitrogens with zero attached hydrogens (tertiary/aromatic N) is 2. The summed E-state index contributed by atoms with van der Waals surface area (Å²) in [6, 6.07) is 8.63. The third-order valence-corrected chi connectivity index (χ3v) is 4.17. The molecule has 0 saturated heterocycles. The van der Waals surface area contributed by atoms with Crippen molar-refractivity contribution >= 4 is 41.5 Å². The summed E-state index contributed by atoms with van der Waals surface area (Å²) >= 11 is 6.23. The molecule has 0 aliphatic heterocycles. The lowest BCUT2D eigenvalue weighted by molar-refractivity contribution is -0.154. The second-order valence-electron chi connectivity index (χ2n) is 5.97. The Bertz CT molecular complexity index is 838. The van der Waals surface area contributed by atoms with Crippen LogP contribution in [0.3, 0.4) is 0 Å². The first-order valence-corrected chi connectivity index (χ1v) is 9.10. The number of guanidine groups is 1. The number of aromatic nitrogens is 1. The van der Waals surface area contributed by atoms with Crippen molar-refractivity contribution in [3.05, 3.63) is 52.7 Å². The lowest BCUT2D eigenvalue weighted by Gasteiger charge is -2.13. The van der Waals surface area contributed by atoms with Crippen LogP contribution in [0.15, 0.2) is 41.5 Å². The minimum Gasteiger partial charge on any atom is -0.497 e. The number of methoxy groups -OCH3 is 1. The van der Waals surface area contributed by atoms with Crippen LogP contribution in [0, 0.1) is 0 Å². The molecule has 11 heteroatoms. The molecule has 1 aromatic carbocycles. The molecule has 0 atom stereocenters. The van der Waals surface area contributed by atoms with E-state index in [1.165, 1.54) is 12.3 Å². The van der Waals surface area contributed by atoms with Gasteiger partial charge in [0.15, 0.2) is 12.6 Å². The molecule has 0 unspecified atom stereocenters. The van der Waals surface area contributed by atoms with E-state index in [0.717, 1.165) is 5.56 Å². The summed E-state index contributed by atoms with van der Waals surface area (Å²) in [7, 11) is 3.21. The predicted molar refractivity (Wildman–Crippen MR) is 121 cm³/mol. The largest absolute Gasteiger partial charge is 0.497 e. The Kier molecular flexibility index (Phi) is 11.0. The van der Waals surface area contributed by atoms with Crippen LogP contribution in [0.4, 0.5) is 13.2 Å². The minimum atomic E-state index is -4.41. The summed E-state index contributed by atoms with van der Waals surface area (Å²) in [4.78, 5) is 7.90. The molecule has 1 heterocycles. The first-order valence-electron chi connectivity index (χ1n) is 8.72. The number of halogens is 5. The maximum absolute atomic E-state index is 12.2. The van der Waals surface area contributed by atoms with Crippen molar-refractivity contribution in [3.63, 3.8) is 0 Å². The summed E-state index contributed by atoms with van der Waals surface area (Å²) in [5, 5.41) is 6.86. The number of ether oxygens (including phenoxy) is 2. The average molecular weight is 559 g/mol. The van der Waals surface area contributed by atoms with Gasteiger partial charge in [-0.2, -0.15) is 13.2 Å². The molecular weight excluding hydrogens is 536 g/mol. The van der Waals surface area contributed by atoms with Crippen molar-refractivity contribution in [1.82, 2.24) is 15.6 Å². The van der Waals surface area contributed by atoms with E-state index in [0.29, 0.717) is 41.8 Å². The molecular formula is C19H23ClF3IN4O2. The van der Waals surface area contributed by atoms with Gasteiger partial charge < -0.3 is 20.1 Å². The van der Waals surface area contributed by atoms with Crippen molar-refractivity contribution < 1.29 is 22.6 Å². The second-order valence-corrected chi connectivity index (χ2v) is 6.37. The van der Waals surface area contributed by atoms with Crippen LogP contribution in [-0.2, 0) is 13.0 Å². The van der Waals surface area contributed by atoms with Crippen molar-refractivity contribution in [2.45, 2.75) is 19.1 Å². The fourth-order valence-corrected chi connectivity index (χ4v) is 2.64. The third kappa shape index (κ3) is 9.24. The second kappa shape index (κ2) is 12.7. The van der Waals surface area contributed by atoms with Crippen molar-refractivity contribution in [3.8, 4) is 11.6 Å². The molecule has 30 heavy (non-hydrogen) atoms. The molecule has 6 nitrogen and oxygen atoms in total. The lowest BCUT2D eigenvalue weighted by Crippen LogP contribution is -2.37. The van der Waals surface area contributed by atoms with Crippen molar-refractivity contribution in [1.29, 1.82) is 0 Å². The zero-order valence-electron chi connectivity index (χ0n) is 16.4. The number of benzene rings is 1. The number of aliphatic imine (C=N–C) groups is 1. The van der Waals surface area contributed by atoms with Gasteiger partial charge in [0, 0.05) is 37.4 Å². The molecule has 0 fully saturated rings. The van der Waals surface area contributed by atoms with Gasteiger partial charge in [-0.1, -0.05) is 17.7 Å². The quantitative estimate of drug-likeness (QED) is 0.289. The molecule has 0 spiro atoms. The normalized spacial score (nSPS) is 11.5. The smallest absolute Gasteiger partial charge is 0.422 e. The zero-order valence-corrected chi connectivity index (χ0v) is 19.5. The van der Waals surface area contributed by atoms with Crippen molar-refractivity contribution in [2.75, 3.05) is 27.3 Å². The van der Waals surface area contributed by atoms with E-state index in [9.17, 15) is 13.2 Å². The molecule has 166 valence electrons. The number of pyridine rings is 1. The summed E-state index contributed by atoms with van der Waals surface area (Å²) < 4.78 is 46.5. The monoisotopic (exact) mass is 558 g/mol. The first-order chi connectivity index (χ1) is 13.8. The molecule has 1 aromatic heterocycles. The van der Waals surface area contributed by atoms with Crippen LogP contribution in [-0.4, -0.2) is 44.4 Å². The van der Waals surface area contributed by atoms with E-state index < -0.39 is 12.8 Å². The van der Waals surface area contributed by atoms with Gasteiger partial charge in [-0.3, -0.25) is 4.99 Å². The highest BCUT2D eigenvalue weighted by Gasteiger charge is 2.28. The van der Waals surface area contributed by atoms with Crippen LogP contribution < -0.4 is 20.1 Å². The molecule has 2 N–H and O–H groups in total. The van der Waals surface area contributed by atoms with Crippen LogP contribution in [0.1, 0.15) is 11.1 Å². The molecule has 0 bridgehead atoms. The molecule has 0 amide bonds. The van der Waals surface area contributed by atoms with Gasteiger partial charge >= 0.3 is 6.18 Å². The topological polar surface area (TPSA) is 67.8 Å². The lowest BCUT2D eigenvalue weighted by atomic mass is 10.1. The third-order valence-electron chi connectivity index (χ3n) is 3.81. The molecule has 0 aliphatic rings. The van der Waals surface area contributed by atoms with Crippen LogP contribution >= 0.6 is 35.6 Å². The zero-order chi connectivity index (χ0) is 21.3. The molecule has 0 aliphatic carbocycles. The van der Waals surface area contributed by atoms with E-state index in [2.05, 4.69) is 25.3 Å². The molecule has 2 aromatic rings. The van der Waals surface area contributed by atoms with Gasteiger partial charge in [0.1, 0.15) is 5.75 Å². The van der Waals surface area contributed by atoms with Crippen LogP contribution in [0.25, 0.3) is 0 Å². The number of alkyl halides is 3. The minimum absolute atomic E-state index is 0. The highest BCUT2D eigenvalue weighted by molar-refractivity contribution is 14.0. The fourth-order valence-electron chi connectivity index (χ4n) is 2.37. The fraction of sp³-hybridized carbons (Fsp3) is 0.368. The highest BCUT2D eigenvalue weighted by Crippen LogP contribution is 2.22. The Hall–Kier alpha value is -1.95. The van der Waals surface area contributed by atoms with E-state index in [1.807, 2.05) is 12.1 Å². The van der Waals surface area contributed by atoms with Gasteiger partial charge in [-0.25, -0.2) is 4.98 Å². The predicted octanol–water partition coefficient (Wildman–Crippen LogP) is 4.21. The standard InChI is InChI=1S/C19H22ClF3N4O2.HI/c1-24-18(26-8-6-14-3-4-15(28-2)10-16(14)20)27-11-13-5-7-25-17(9-13)29-12-19(21,22)23;/h3-5,7,9-10H,6,8,11-12H2,1-2H3,(H2,24,26,27);1H. The van der Waals surface area contributed by atoms with Gasteiger partial charge in [-0.15, -0.1) is 24.0 Å². The summed E-state index contributed by atoms with van der Waals surface area (Å²) in [5.41, 5.74) is 1.68. The molecule has 0 radical (unpaired) electrons. The van der Waals surface area contributed by atoms with E-state index in [1.54, 1.807) is 26.3 Å². The highest BCUT2D eigenvalue weighted by atomic mass is 127. The Morgan fingerprint density at radius 2 is 1.97 bits per heavy atom. The number of nitrogens with one attached hydrogen (secondary N) is 2. The maximum Gasteiger partial charge on any atom is 0.422 e. The summed E-state index contributed by atoms with van der Waals surface area (Å²) in [5.74, 6) is 1.16. The summed E-state index contributed by atoms with van der Waals surface area (Å²) in [6.45, 7) is -0.454. The Labute approximate surface area is 195 Å². The van der Waals surface area contributed by atoms with Crippen LogP contribution in [0.5, 0.6) is 11.6 Å². The number of hydrogen-bond donors (Lipinski definition) is 2. The van der Waals surface area contributed by atoms with Gasteiger partial charge in [0.25, 0.3) is 0 Å². The number of hydrogen-bond acceptors (Lipinski definition) is 4. The SMILES string of the molecule is CN=C(NCCc1ccc(OC)cc1Cl)NCc1ccnc(OCC(F)(F)F)c1.I. The molecule has 2 rings (SSSR count). The molecule has 0 saturated carbocycles. The maximum atomic E-state index is 12.2. The Balaban J connectivity index is 0.00000450. The van der Waals surface area contributed by atoms with Crippen molar-refractivity contribution in [2.24, 2.45) is 4.99 Å². The number of rotatable bonds is 8.